The summed E-state index contributed by atoms with van der Waals surface area (Å²) in [7, 11) is 1.80. The van der Waals surface area contributed by atoms with E-state index in [1.54, 1.807) is 17.9 Å². The van der Waals surface area contributed by atoms with E-state index in [-0.39, 0.29) is 0 Å². The molecule has 16 heavy (non-hydrogen) atoms. The third kappa shape index (κ3) is 1.23. The van der Waals surface area contributed by atoms with Crippen LogP contribution in [0.3, 0.4) is 0 Å². The first-order valence-corrected chi connectivity index (χ1v) is 4.80. The molecule has 6 heteroatoms. The monoisotopic (exact) mass is 215 g/mol. The number of anilines is 1. The maximum absolute atomic E-state index is 5.32. The molecule has 0 bridgehead atoms. The number of nitrogens with zero attached hydrogens (tertiary/aromatic N) is 4. The Hall–Kier alpha value is -2.37. The second-order valence-corrected chi connectivity index (χ2v) is 3.22. The Kier molecular flexibility index (Phi) is 1.86. The molecule has 0 aliphatic carbocycles. The van der Waals surface area contributed by atoms with Crippen molar-refractivity contribution in [2.45, 2.75) is 0 Å². The van der Waals surface area contributed by atoms with Gasteiger partial charge in [-0.3, -0.25) is 4.57 Å². The Labute approximate surface area is 91.3 Å². The van der Waals surface area contributed by atoms with Crippen LogP contribution < -0.4 is 5.32 Å². The van der Waals surface area contributed by atoms with Gasteiger partial charge in [-0.15, -0.1) is 0 Å². The Balaban J connectivity index is 2.26. The zero-order chi connectivity index (χ0) is 11.0. The average Bonchev–Trinajstić information content (AvgIpc) is 2.97. The van der Waals surface area contributed by atoms with E-state index in [4.69, 9.17) is 4.42 Å². The molecule has 2 aliphatic heterocycles. The quantitative estimate of drug-likeness (QED) is 0.699. The van der Waals surface area contributed by atoms with Crippen LogP contribution in [0.4, 0.5) is 5.95 Å². The molecule has 3 heterocycles. The lowest BCUT2D eigenvalue weighted by Crippen LogP contribution is -2.07. The van der Waals surface area contributed by atoms with Gasteiger partial charge in [-0.2, -0.15) is 4.98 Å². The van der Waals surface area contributed by atoms with Crippen molar-refractivity contribution in [1.29, 1.82) is 0 Å². The van der Waals surface area contributed by atoms with Gasteiger partial charge in [0, 0.05) is 19.3 Å². The van der Waals surface area contributed by atoms with Gasteiger partial charge < -0.3 is 9.73 Å². The van der Waals surface area contributed by atoms with Crippen molar-refractivity contribution < 1.29 is 4.42 Å². The number of hydrogen-bond donors (Lipinski definition) is 1. The van der Waals surface area contributed by atoms with Crippen molar-refractivity contribution >= 4 is 5.95 Å². The highest BCUT2D eigenvalue weighted by molar-refractivity contribution is 5.54. The number of nitrogens with one attached hydrogen (secondary N) is 1. The summed E-state index contributed by atoms with van der Waals surface area (Å²) in [6, 6.07) is 3.67. The van der Waals surface area contributed by atoms with E-state index in [2.05, 4.69) is 20.3 Å². The Morgan fingerprint density at radius 2 is 2.31 bits per heavy atom. The van der Waals surface area contributed by atoms with E-state index in [1.807, 2.05) is 18.3 Å². The van der Waals surface area contributed by atoms with Gasteiger partial charge in [-0.05, 0) is 6.07 Å². The summed E-state index contributed by atoms with van der Waals surface area (Å²) in [4.78, 5) is 12.5. The van der Waals surface area contributed by atoms with Gasteiger partial charge in [-0.25, -0.2) is 9.97 Å². The predicted octanol–water partition coefficient (Wildman–Crippen LogP) is 1.40. The van der Waals surface area contributed by atoms with Crippen molar-refractivity contribution in [2.75, 3.05) is 12.4 Å². The largest absolute Gasteiger partial charge is 0.448 e. The first-order valence-electron chi connectivity index (χ1n) is 4.80. The molecule has 0 unspecified atom stereocenters. The topological polar surface area (TPSA) is 68.8 Å². The first-order chi connectivity index (χ1) is 7.88. The van der Waals surface area contributed by atoms with Crippen molar-refractivity contribution in [3.05, 3.63) is 30.9 Å². The standard InChI is InChI=1S/C10H9N5O/c1-11-10-14-9-7(12-6-13-9)5-15(10)8-3-2-4-16-8/h2-6H,1H3,(H,11,12,13,14). The minimum atomic E-state index is 0.618. The Morgan fingerprint density at radius 3 is 3.06 bits per heavy atom. The zero-order valence-corrected chi connectivity index (χ0v) is 8.58. The third-order valence-electron chi connectivity index (χ3n) is 2.26. The summed E-state index contributed by atoms with van der Waals surface area (Å²) >= 11 is 0. The van der Waals surface area contributed by atoms with Crippen LogP contribution in [0.5, 0.6) is 0 Å². The van der Waals surface area contributed by atoms with Crippen molar-refractivity contribution in [1.82, 2.24) is 19.5 Å². The molecule has 0 saturated heterocycles. The number of fused-ring (bicyclic) bond motifs is 1. The predicted molar refractivity (Wildman–Crippen MR) is 57.6 cm³/mol. The van der Waals surface area contributed by atoms with Gasteiger partial charge in [-0.1, -0.05) is 0 Å². The second kappa shape index (κ2) is 3.34. The summed E-state index contributed by atoms with van der Waals surface area (Å²) in [5, 5.41) is 2.99. The van der Waals surface area contributed by atoms with Crippen LogP contribution in [0, 0.1) is 0 Å². The molecule has 0 radical (unpaired) electrons. The fourth-order valence-corrected chi connectivity index (χ4v) is 1.54. The number of aromatic nitrogens is 4. The van der Waals surface area contributed by atoms with Crippen LogP contribution in [0.2, 0.25) is 0 Å². The Morgan fingerprint density at radius 1 is 1.38 bits per heavy atom. The summed E-state index contributed by atoms with van der Waals surface area (Å²) in [6.45, 7) is 0. The number of furan rings is 1. The second-order valence-electron chi connectivity index (χ2n) is 3.22. The lowest BCUT2D eigenvalue weighted by atomic mass is 10.4. The molecular weight excluding hydrogens is 206 g/mol. The first kappa shape index (κ1) is 8.90. The SMILES string of the molecule is CNc1nc2ncnc-2cn1-c1ccco1. The number of imidazole rings is 1. The van der Waals surface area contributed by atoms with Gasteiger partial charge in [0.15, 0.2) is 5.82 Å². The van der Waals surface area contributed by atoms with Gasteiger partial charge in [0.1, 0.15) is 12.0 Å². The maximum atomic E-state index is 5.32. The number of rotatable bonds is 2. The van der Waals surface area contributed by atoms with Crippen LogP contribution in [0.25, 0.3) is 17.4 Å². The van der Waals surface area contributed by atoms with Crippen LogP contribution >= 0.6 is 0 Å². The molecule has 6 nitrogen and oxygen atoms in total. The summed E-state index contributed by atoms with van der Waals surface area (Å²) in [6.07, 6.45) is 4.94. The molecule has 2 aliphatic rings. The third-order valence-corrected chi connectivity index (χ3v) is 2.26. The van der Waals surface area contributed by atoms with E-state index in [1.165, 1.54) is 6.33 Å². The highest BCUT2D eigenvalue weighted by Crippen LogP contribution is 2.21. The van der Waals surface area contributed by atoms with Crippen molar-refractivity contribution in [3.63, 3.8) is 0 Å². The molecular formula is C10H9N5O. The van der Waals surface area contributed by atoms with E-state index in [0.717, 1.165) is 5.69 Å². The lowest BCUT2D eigenvalue weighted by Gasteiger charge is -2.10. The molecule has 0 saturated carbocycles. The molecule has 0 aromatic carbocycles. The fraction of sp³-hybridized carbons (Fsp3) is 0.100. The van der Waals surface area contributed by atoms with Crippen molar-refractivity contribution in [3.8, 4) is 17.4 Å². The molecule has 1 N–H and O–H groups in total. The van der Waals surface area contributed by atoms with Gasteiger partial charge >= 0.3 is 0 Å². The molecule has 0 spiro atoms. The lowest BCUT2D eigenvalue weighted by molar-refractivity contribution is 0.537. The fourth-order valence-electron chi connectivity index (χ4n) is 1.54. The minimum absolute atomic E-state index is 0.618. The van der Waals surface area contributed by atoms with Crippen LogP contribution in [0.1, 0.15) is 0 Å². The Bertz CT molecular complexity index is 571. The number of hydrogen-bond acceptors (Lipinski definition) is 5. The molecule has 3 rings (SSSR count). The van der Waals surface area contributed by atoms with Crippen molar-refractivity contribution in [2.24, 2.45) is 0 Å². The van der Waals surface area contributed by atoms with E-state index in [9.17, 15) is 0 Å². The van der Waals surface area contributed by atoms with E-state index >= 15 is 0 Å². The molecule has 0 fully saturated rings. The van der Waals surface area contributed by atoms with Crippen LogP contribution in [-0.4, -0.2) is 26.6 Å². The van der Waals surface area contributed by atoms with E-state index < -0.39 is 0 Å². The van der Waals surface area contributed by atoms with Crippen LogP contribution in [0.15, 0.2) is 35.3 Å². The molecule has 0 atom stereocenters. The highest BCUT2D eigenvalue weighted by Gasteiger charge is 2.13. The van der Waals surface area contributed by atoms with Crippen LogP contribution in [-0.2, 0) is 0 Å². The molecule has 1 aromatic rings. The summed E-state index contributed by atoms with van der Waals surface area (Å²) in [5.74, 6) is 1.96. The van der Waals surface area contributed by atoms with E-state index in [0.29, 0.717) is 17.7 Å². The molecule has 1 aromatic heterocycles. The molecule has 80 valence electrons. The minimum Gasteiger partial charge on any atom is -0.448 e. The summed E-state index contributed by atoms with van der Waals surface area (Å²) in [5.41, 5.74) is 0.732. The smallest absolute Gasteiger partial charge is 0.211 e. The summed E-state index contributed by atoms with van der Waals surface area (Å²) < 4.78 is 7.11. The zero-order valence-electron chi connectivity index (χ0n) is 8.58. The van der Waals surface area contributed by atoms with Gasteiger partial charge in [0.2, 0.25) is 11.8 Å². The average molecular weight is 215 g/mol. The normalized spacial score (nSPS) is 10.8. The maximum Gasteiger partial charge on any atom is 0.211 e. The van der Waals surface area contributed by atoms with Gasteiger partial charge in [0.25, 0.3) is 0 Å². The molecule has 0 amide bonds. The highest BCUT2D eigenvalue weighted by atomic mass is 16.3. The van der Waals surface area contributed by atoms with Gasteiger partial charge in [0.05, 0.1) is 6.26 Å².